The number of hydrogen-bond acceptors (Lipinski definition) is 5. The van der Waals surface area contributed by atoms with E-state index in [1.165, 1.54) is 11.0 Å². The first-order valence-electron chi connectivity index (χ1n) is 8.45. The Labute approximate surface area is 150 Å². The van der Waals surface area contributed by atoms with E-state index in [2.05, 4.69) is 0 Å². The summed E-state index contributed by atoms with van der Waals surface area (Å²) in [5.74, 6) is 0. The molecule has 0 aliphatic carbocycles. The number of rotatable bonds is 2. The first-order chi connectivity index (χ1) is 11.9. The number of anilines is 3. The summed E-state index contributed by atoms with van der Waals surface area (Å²) in [6.07, 6.45) is -2.78. The monoisotopic (exact) mass is 374 g/mol. The minimum Gasteiger partial charge on any atom is -0.398 e. The number of halogens is 3. The molecule has 0 unspecified atom stereocenters. The van der Waals surface area contributed by atoms with E-state index in [1.54, 1.807) is 20.8 Å². The molecule has 1 aromatic carbocycles. The number of nitrogens with two attached hydrogens (primary N) is 2. The largest absolute Gasteiger partial charge is 0.434 e. The van der Waals surface area contributed by atoms with Crippen LogP contribution in [0.2, 0.25) is 0 Å². The lowest BCUT2D eigenvalue weighted by molar-refractivity contribution is -0.137. The van der Waals surface area contributed by atoms with Gasteiger partial charge in [0.05, 0.1) is 11.2 Å². The van der Waals surface area contributed by atoms with Crippen LogP contribution in [0.15, 0.2) is 12.1 Å². The van der Waals surface area contributed by atoms with Crippen LogP contribution in [-0.4, -0.2) is 29.6 Å². The van der Waals surface area contributed by atoms with Crippen molar-refractivity contribution in [3.8, 4) is 0 Å². The zero-order chi connectivity index (χ0) is 19.7. The minimum atomic E-state index is -4.75. The zero-order valence-electron chi connectivity index (χ0n) is 15.2. The maximum Gasteiger partial charge on any atom is 0.434 e. The molecule has 9 heteroatoms. The van der Waals surface area contributed by atoms with Crippen molar-refractivity contribution in [2.75, 3.05) is 29.6 Å². The molecule has 0 radical (unpaired) electrons. The van der Waals surface area contributed by atoms with Crippen LogP contribution in [0.4, 0.5) is 35.0 Å². The van der Waals surface area contributed by atoms with Gasteiger partial charge in [0, 0.05) is 18.8 Å². The molecule has 0 atom stereocenters. The summed E-state index contributed by atoms with van der Waals surface area (Å²) >= 11 is 0. The van der Waals surface area contributed by atoms with Gasteiger partial charge in [-0.1, -0.05) is 0 Å². The van der Waals surface area contributed by atoms with Crippen LogP contribution in [0.3, 0.4) is 0 Å². The van der Waals surface area contributed by atoms with Gasteiger partial charge in [-0.3, -0.25) is 0 Å². The number of alkyl halides is 3. The fourth-order valence-corrected chi connectivity index (χ4v) is 2.87. The molecule has 0 bridgehead atoms. The summed E-state index contributed by atoms with van der Waals surface area (Å²) in [5.41, 5.74) is 8.22. The number of hydroxylamine groups is 1. The van der Waals surface area contributed by atoms with Crippen molar-refractivity contribution < 1.29 is 22.8 Å². The average molecular weight is 374 g/mol. The first-order valence-corrected chi connectivity index (χ1v) is 8.45. The van der Waals surface area contributed by atoms with Crippen molar-refractivity contribution >= 4 is 23.2 Å². The van der Waals surface area contributed by atoms with Crippen molar-refractivity contribution in [2.24, 2.45) is 0 Å². The van der Waals surface area contributed by atoms with Crippen molar-refractivity contribution in [2.45, 2.75) is 51.7 Å². The number of hydrogen-bond donors (Lipinski definition) is 2. The maximum atomic E-state index is 13.6. The van der Waals surface area contributed by atoms with Crippen LogP contribution >= 0.6 is 0 Å². The number of nitrogens with zero attached hydrogens (tertiary/aromatic N) is 2. The standard InChI is InChI=1S/C17H25F3N4O2/c1-16(2,3)24(26-15(25)23-9-5-4-6-10-23)14-12(22)8-7-11(21)13(14)17(18,19)20/h7-8H,4-6,9-10,21-22H2,1-3H3. The Morgan fingerprint density at radius 2 is 1.62 bits per heavy atom. The van der Waals surface area contributed by atoms with E-state index >= 15 is 0 Å². The molecule has 1 saturated heterocycles. The molecule has 1 aliphatic rings. The van der Waals surface area contributed by atoms with Crippen LogP contribution in [-0.2, 0) is 11.0 Å². The van der Waals surface area contributed by atoms with Gasteiger partial charge < -0.3 is 21.2 Å². The number of carbonyl (C=O) groups excluding carboxylic acids is 1. The van der Waals surface area contributed by atoms with E-state index in [4.69, 9.17) is 16.3 Å². The van der Waals surface area contributed by atoms with Crippen molar-refractivity contribution in [1.29, 1.82) is 0 Å². The van der Waals surface area contributed by atoms with Crippen LogP contribution in [0.5, 0.6) is 0 Å². The fraction of sp³-hybridized carbons (Fsp3) is 0.588. The number of likely N-dealkylation sites (tertiary alicyclic amines) is 1. The SMILES string of the molecule is CC(C)(C)N(OC(=O)N1CCCCC1)c1c(N)ccc(N)c1C(F)(F)F. The van der Waals surface area contributed by atoms with Crippen molar-refractivity contribution in [3.63, 3.8) is 0 Å². The van der Waals surface area contributed by atoms with Gasteiger partial charge in [-0.25, -0.2) is 4.79 Å². The van der Waals surface area contributed by atoms with E-state index in [0.717, 1.165) is 30.4 Å². The van der Waals surface area contributed by atoms with Crippen LogP contribution in [0.1, 0.15) is 45.6 Å². The Kier molecular flexibility index (Phi) is 5.48. The van der Waals surface area contributed by atoms with Gasteiger partial charge in [0.15, 0.2) is 0 Å². The molecular weight excluding hydrogens is 349 g/mol. The molecule has 1 heterocycles. The van der Waals surface area contributed by atoms with E-state index in [9.17, 15) is 18.0 Å². The van der Waals surface area contributed by atoms with E-state index in [-0.39, 0.29) is 5.69 Å². The topological polar surface area (TPSA) is 84.8 Å². The van der Waals surface area contributed by atoms with Crippen LogP contribution < -0.4 is 16.5 Å². The summed E-state index contributed by atoms with van der Waals surface area (Å²) in [6.45, 7) is 5.89. The van der Waals surface area contributed by atoms with Crippen molar-refractivity contribution in [1.82, 2.24) is 4.90 Å². The summed E-state index contributed by atoms with van der Waals surface area (Å²) in [7, 11) is 0. The molecule has 1 fully saturated rings. The van der Waals surface area contributed by atoms with Gasteiger partial charge in [-0.15, -0.1) is 0 Å². The highest BCUT2D eigenvalue weighted by Gasteiger charge is 2.42. The van der Waals surface area contributed by atoms with E-state index in [1.807, 2.05) is 0 Å². The molecule has 0 spiro atoms. The van der Waals surface area contributed by atoms with Crippen LogP contribution in [0.25, 0.3) is 0 Å². The van der Waals surface area contributed by atoms with Gasteiger partial charge in [0.25, 0.3) is 0 Å². The zero-order valence-corrected chi connectivity index (χ0v) is 15.2. The molecule has 1 amide bonds. The minimum absolute atomic E-state index is 0.173. The number of nitrogen functional groups attached to an aromatic ring is 2. The van der Waals surface area contributed by atoms with E-state index < -0.39 is 34.7 Å². The third-order valence-electron chi connectivity index (χ3n) is 4.12. The second kappa shape index (κ2) is 7.13. The highest BCUT2D eigenvalue weighted by molar-refractivity contribution is 5.80. The number of piperidine rings is 1. The molecule has 0 aromatic heterocycles. The Balaban J connectivity index is 2.48. The molecule has 26 heavy (non-hydrogen) atoms. The Bertz CT molecular complexity index is 665. The highest BCUT2D eigenvalue weighted by Crippen LogP contribution is 2.45. The van der Waals surface area contributed by atoms with Gasteiger partial charge in [-0.2, -0.15) is 18.2 Å². The molecule has 4 N–H and O–H groups in total. The lowest BCUT2D eigenvalue weighted by Gasteiger charge is -2.39. The third kappa shape index (κ3) is 4.25. The molecule has 2 rings (SSSR count). The highest BCUT2D eigenvalue weighted by atomic mass is 19.4. The predicted octanol–water partition coefficient (Wildman–Crippen LogP) is 4.01. The predicted molar refractivity (Wildman–Crippen MR) is 94.4 cm³/mol. The summed E-state index contributed by atoms with van der Waals surface area (Å²) in [4.78, 5) is 19.4. The fourth-order valence-electron chi connectivity index (χ4n) is 2.87. The summed E-state index contributed by atoms with van der Waals surface area (Å²) in [6, 6.07) is 2.36. The first kappa shape index (κ1) is 20.0. The third-order valence-corrected chi connectivity index (χ3v) is 4.12. The summed E-state index contributed by atoms with van der Waals surface area (Å²) < 4.78 is 40.9. The second-order valence-corrected chi connectivity index (χ2v) is 7.34. The Morgan fingerprint density at radius 3 is 2.12 bits per heavy atom. The smallest absolute Gasteiger partial charge is 0.398 e. The lowest BCUT2D eigenvalue weighted by Crippen LogP contribution is -2.48. The molecular formula is C17H25F3N4O2. The van der Waals surface area contributed by atoms with Gasteiger partial charge in [-0.05, 0) is 52.2 Å². The molecule has 1 aliphatic heterocycles. The summed E-state index contributed by atoms with van der Waals surface area (Å²) in [5, 5.41) is 0.915. The Hall–Kier alpha value is -2.32. The number of carbonyl (C=O) groups is 1. The average Bonchev–Trinajstić information content (AvgIpc) is 2.53. The van der Waals surface area contributed by atoms with Gasteiger partial charge in [0.1, 0.15) is 11.3 Å². The van der Waals surface area contributed by atoms with Gasteiger partial charge >= 0.3 is 12.3 Å². The van der Waals surface area contributed by atoms with Crippen LogP contribution in [0, 0.1) is 0 Å². The number of benzene rings is 1. The normalized spacial score (nSPS) is 15.7. The van der Waals surface area contributed by atoms with Crippen molar-refractivity contribution in [3.05, 3.63) is 17.7 Å². The molecule has 6 nitrogen and oxygen atoms in total. The lowest BCUT2D eigenvalue weighted by atomic mass is 10.0. The second-order valence-electron chi connectivity index (χ2n) is 7.34. The maximum absolute atomic E-state index is 13.6. The number of amides is 1. The molecule has 1 aromatic rings. The molecule has 0 saturated carbocycles. The quantitative estimate of drug-likeness (QED) is 0.603. The molecule has 146 valence electrons. The Morgan fingerprint density at radius 1 is 1.08 bits per heavy atom. The van der Waals surface area contributed by atoms with Gasteiger partial charge in [0.2, 0.25) is 0 Å². The van der Waals surface area contributed by atoms with E-state index in [0.29, 0.717) is 13.1 Å².